The summed E-state index contributed by atoms with van der Waals surface area (Å²) in [5.41, 5.74) is 0.709. The smallest absolute Gasteiger partial charge is 0.177 e. The Kier molecular flexibility index (Phi) is 4.98. The second-order valence-electron chi connectivity index (χ2n) is 7.46. The molecule has 0 amide bonds. The third-order valence-corrected chi connectivity index (χ3v) is 5.37. The molecular formula is C22H23F2N3O2. The molecule has 3 aromatic rings. The molecule has 0 unspecified atom stereocenters. The van der Waals surface area contributed by atoms with E-state index in [-0.39, 0.29) is 28.8 Å². The van der Waals surface area contributed by atoms with Crippen molar-refractivity contribution in [3.8, 4) is 22.8 Å². The maximum absolute atomic E-state index is 15.0. The van der Waals surface area contributed by atoms with Crippen LogP contribution in [0, 0.1) is 24.5 Å². The Hall–Kier alpha value is -2.96. The van der Waals surface area contributed by atoms with Crippen molar-refractivity contribution in [3.05, 3.63) is 41.7 Å². The molecule has 4 rings (SSSR count). The van der Waals surface area contributed by atoms with Crippen molar-refractivity contribution in [1.82, 2.24) is 9.97 Å². The fourth-order valence-electron chi connectivity index (χ4n) is 3.53. The highest BCUT2D eigenvalue weighted by Gasteiger charge is 2.29. The number of anilines is 1. The summed E-state index contributed by atoms with van der Waals surface area (Å²) >= 11 is 0. The van der Waals surface area contributed by atoms with Gasteiger partial charge in [-0.3, -0.25) is 4.98 Å². The van der Waals surface area contributed by atoms with Crippen molar-refractivity contribution < 1.29 is 18.3 Å². The highest BCUT2D eigenvalue weighted by atomic mass is 19.1. The fourth-order valence-corrected chi connectivity index (χ4v) is 3.53. The van der Waals surface area contributed by atoms with E-state index in [1.807, 2.05) is 13.0 Å². The molecule has 1 N–H and O–H groups in total. The van der Waals surface area contributed by atoms with Gasteiger partial charge >= 0.3 is 0 Å². The number of halogens is 2. The molecule has 1 fully saturated rings. The maximum atomic E-state index is 15.0. The lowest BCUT2D eigenvalue weighted by Gasteiger charge is -2.18. The molecule has 1 aliphatic carbocycles. The van der Waals surface area contributed by atoms with Crippen LogP contribution in [0.4, 0.5) is 14.6 Å². The highest BCUT2D eigenvalue weighted by molar-refractivity contribution is 5.94. The van der Waals surface area contributed by atoms with Crippen LogP contribution in [0.5, 0.6) is 11.5 Å². The number of hydrogen-bond acceptors (Lipinski definition) is 5. The average molecular weight is 399 g/mol. The van der Waals surface area contributed by atoms with Gasteiger partial charge in [0, 0.05) is 34.8 Å². The number of ether oxygens (including phenoxy) is 2. The molecular weight excluding hydrogens is 376 g/mol. The number of aryl methyl sites for hydroxylation is 1. The normalized spacial score (nSPS) is 14.7. The Labute approximate surface area is 168 Å². The van der Waals surface area contributed by atoms with E-state index in [0.717, 1.165) is 16.5 Å². The Morgan fingerprint density at radius 2 is 1.72 bits per heavy atom. The molecule has 1 atom stereocenters. The number of rotatable bonds is 6. The van der Waals surface area contributed by atoms with Gasteiger partial charge in [-0.15, -0.1) is 0 Å². The molecule has 0 bridgehead atoms. The molecule has 5 nitrogen and oxygen atoms in total. The number of nitrogens with zero attached hydrogens (tertiary/aromatic N) is 2. The van der Waals surface area contributed by atoms with E-state index in [0.29, 0.717) is 11.7 Å². The first-order valence-electron chi connectivity index (χ1n) is 9.57. The summed E-state index contributed by atoms with van der Waals surface area (Å²) in [4.78, 5) is 8.93. The van der Waals surface area contributed by atoms with Crippen LogP contribution < -0.4 is 14.8 Å². The molecule has 0 saturated heterocycles. The van der Waals surface area contributed by atoms with Crippen molar-refractivity contribution in [2.24, 2.45) is 5.92 Å². The molecule has 2 heterocycles. The van der Waals surface area contributed by atoms with E-state index in [4.69, 9.17) is 9.47 Å². The summed E-state index contributed by atoms with van der Waals surface area (Å²) in [5.74, 6) is -0.685. The van der Waals surface area contributed by atoms with E-state index in [1.54, 1.807) is 12.3 Å². The number of aromatic nitrogens is 2. The van der Waals surface area contributed by atoms with E-state index >= 15 is 8.78 Å². The summed E-state index contributed by atoms with van der Waals surface area (Å²) in [5, 5.41) is 5.04. The van der Waals surface area contributed by atoms with Crippen LogP contribution in [0.3, 0.4) is 0 Å². The minimum absolute atomic E-state index is 0.108. The monoisotopic (exact) mass is 399 g/mol. The molecule has 7 heteroatoms. The van der Waals surface area contributed by atoms with Gasteiger partial charge in [-0.1, -0.05) is 0 Å². The largest absolute Gasteiger partial charge is 0.494 e. The first-order chi connectivity index (χ1) is 13.9. The number of fused-ring (bicyclic) bond motifs is 1. The summed E-state index contributed by atoms with van der Waals surface area (Å²) in [7, 11) is 2.65. The van der Waals surface area contributed by atoms with Crippen LogP contribution in [0.1, 0.15) is 25.5 Å². The molecule has 2 aromatic heterocycles. The van der Waals surface area contributed by atoms with Crippen LogP contribution >= 0.6 is 0 Å². The van der Waals surface area contributed by atoms with E-state index in [9.17, 15) is 0 Å². The van der Waals surface area contributed by atoms with Gasteiger partial charge in [0.1, 0.15) is 5.82 Å². The zero-order chi connectivity index (χ0) is 20.7. The molecule has 0 spiro atoms. The first-order valence-corrected chi connectivity index (χ1v) is 9.57. The summed E-state index contributed by atoms with van der Waals surface area (Å²) in [6.07, 6.45) is 4.03. The first kappa shape index (κ1) is 19.4. The molecule has 0 aliphatic heterocycles. The SMILES string of the molecule is COc1cc(OC)c(F)c(-c2cc3cnc(C)cc3c(N[C@@H](C)C3CC3)n2)c1F. The minimum atomic E-state index is -0.820. The van der Waals surface area contributed by atoms with Crippen molar-refractivity contribution in [1.29, 1.82) is 0 Å². The van der Waals surface area contributed by atoms with Gasteiger partial charge in [0.15, 0.2) is 23.1 Å². The molecule has 1 aliphatic rings. The predicted molar refractivity (Wildman–Crippen MR) is 109 cm³/mol. The van der Waals surface area contributed by atoms with Crippen LogP contribution in [0.25, 0.3) is 22.0 Å². The Bertz CT molecular complexity index is 1060. The van der Waals surface area contributed by atoms with Gasteiger partial charge in [-0.2, -0.15) is 0 Å². The van der Waals surface area contributed by atoms with Gasteiger partial charge in [0.2, 0.25) is 0 Å². The standard InChI is InChI=1S/C22H23F2N3O2/c1-11-7-15-14(10-25-11)8-16(27-22(15)26-12(2)13-5-6-13)19-20(23)17(28-3)9-18(29-4)21(19)24/h7-10,12-13H,5-6H2,1-4H3,(H,26,27)/t12-/m0/s1. The van der Waals surface area contributed by atoms with E-state index in [2.05, 4.69) is 22.2 Å². The molecule has 1 saturated carbocycles. The minimum Gasteiger partial charge on any atom is -0.494 e. The van der Waals surface area contributed by atoms with Crippen molar-refractivity contribution in [2.75, 3.05) is 19.5 Å². The molecule has 0 radical (unpaired) electrons. The summed E-state index contributed by atoms with van der Waals surface area (Å²) in [6, 6.07) is 4.96. The van der Waals surface area contributed by atoms with Gasteiger partial charge in [-0.25, -0.2) is 13.8 Å². The quantitative estimate of drug-likeness (QED) is 0.624. The molecule has 29 heavy (non-hydrogen) atoms. The van der Waals surface area contributed by atoms with Crippen LogP contribution in [0.15, 0.2) is 24.4 Å². The average Bonchev–Trinajstić information content (AvgIpc) is 3.54. The van der Waals surface area contributed by atoms with Crippen molar-refractivity contribution >= 4 is 16.6 Å². The van der Waals surface area contributed by atoms with Crippen LogP contribution in [0.2, 0.25) is 0 Å². The van der Waals surface area contributed by atoms with E-state index in [1.165, 1.54) is 33.1 Å². The van der Waals surface area contributed by atoms with Crippen molar-refractivity contribution in [2.45, 2.75) is 32.7 Å². The Balaban J connectivity index is 1.94. The maximum Gasteiger partial charge on any atom is 0.177 e. The third-order valence-electron chi connectivity index (χ3n) is 5.37. The third kappa shape index (κ3) is 3.57. The van der Waals surface area contributed by atoms with Crippen molar-refractivity contribution in [3.63, 3.8) is 0 Å². The van der Waals surface area contributed by atoms with Gasteiger partial charge < -0.3 is 14.8 Å². The summed E-state index contributed by atoms with van der Waals surface area (Å²) < 4.78 is 40.2. The lowest BCUT2D eigenvalue weighted by molar-refractivity contribution is 0.359. The fraction of sp³-hybridized carbons (Fsp3) is 0.364. The topological polar surface area (TPSA) is 56.3 Å². The number of hydrogen-bond donors (Lipinski definition) is 1. The number of pyridine rings is 2. The van der Waals surface area contributed by atoms with Crippen LogP contribution in [-0.2, 0) is 0 Å². The summed E-state index contributed by atoms with van der Waals surface area (Å²) in [6.45, 7) is 4.00. The lowest BCUT2D eigenvalue weighted by atomic mass is 10.0. The van der Waals surface area contributed by atoms with Gasteiger partial charge in [0.05, 0.1) is 25.5 Å². The Morgan fingerprint density at radius 1 is 1.07 bits per heavy atom. The Morgan fingerprint density at radius 3 is 2.31 bits per heavy atom. The van der Waals surface area contributed by atoms with Crippen LogP contribution in [-0.4, -0.2) is 30.2 Å². The second-order valence-corrected chi connectivity index (χ2v) is 7.46. The van der Waals surface area contributed by atoms with Gasteiger partial charge in [-0.05, 0) is 44.7 Å². The number of benzene rings is 1. The van der Waals surface area contributed by atoms with Gasteiger partial charge in [0.25, 0.3) is 0 Å². The number of nitrogens with one attached hydrogen (secondary N) is 1. The lowest BCUT2D eigenvalue weighted by Crippen LogP contribution is -2.18. The number of methoxy groups -OCH3 is 2. The predicted octanol–water partition coefficient (Wildman–Crippen LogP) is 5.11. The zero-order valence-corrected chi connectivity index (χ0v) is 16.8. The zero-order valence-electron chi connectivity index (χ0n) is 16.8. The second kappa shape index (κ2) is 7.46. The highest BCUT2D eigenvalue weighted by Crippen LogP contribution is 2.40. The molecule has 1 aromatic carbocycles. The molecule has 152 valence electrons. The van der Waals surface area contributed by atoms with E-state index < -0.39 is 11.6 Å².